The van der Waals surface area contributed by atoms with Gasteiger partial charge in [0.15, 0.2) is 5.58 Å². The number of benzene rings is 2. The number of H-pyrrole nitrogens is 1. The van der Waals surface area contributed by atoms with Gasteiger partial charge in [0, 0.05) is 67.4 Å². The summed E-state index contributed by atoms with van der Waals surface area (Å²) < 4.78 is 6.07. The first kappa shape index (κ1) is 32.7. The molecule has 3 fully saturated rings. The van der Waals surface area contributed by atoms with Crippen molar-refractivity contribution in [3.63, 3.8) is 0 Å². The largest absolute Gasteiger partial charge is 0.417 e. The predicted molar refractivity (Wildman–Crippen MR) is 186 cm³/mol. The molecule has 12 nitrogen and oxygen atoms in total. The summed E-state index contributed by atoms with van der Waals surface area (Å²) in [5.74, 6) is -0.491. The van der Waals surface area contributed by atoms with Crippen LogP contribution in [0.25, 0.3) is 11.1 Å². The number of para-hydroxylation sites is 1. The third kappa shape index (κ3) is 7.26. The zero-order chi connectivity index (χ0) is 33.2. The highest BCUT2D eigenvalue weighted by molar-refractivity contribution is 9.10. The molecule has 0 saturated carbocycles. The number of carbonyl (C=O) groups excluding carboxylic acids is 3. The molecule has 3 N–H and O–H groups in total. The lowest BCUT2D eigenvalue weighted by Gasteiger charge is -2.41. The van der Waals surface area contributed by atoms with Gasteiger partial charge in [0.25, 0.3) is 0 Å². The average molecular weight is 723 g/mol. The van der Waals surface area contributed by atoms with E-state index in [4.69, 9.17) is 4.42 Å². The normalized spacial score (nSPS) is 20.4. The summed E-state index contributed by atoms with van der Waals surface area (Å²) in [7, 11) is 0. The Morgan fingerprint density at radius 3 is 2.40 bits per heavy atom. The van der Waals surface area contributed by atoms with E-state index < -0.39 is 11.8 Å². The molecule has 256 valence electrons. The van der Waals surface area contributed by atoms with Gasteiger partial charge in [0.2, 0.25) is 5.91 Å². The van der Waals surface area contributed by atoms with Crippen LogP contribution in [0, 0.1) is 0 Å². The van der Waals surface area contributed by atoms with Crippen molar-refractivity contribution in [2.45, 2.75) is 82.5 Å². The standard InChI is InChI=1S/C35H44BrN7O5/c36-28-21-30-31(48-35(47)39-30)19-24(28)18-25(20-32(44)41-14-8-26(9-15-41)40-12-4-1-5-13-40)37-33(45)42-16-10-27(11-17-42)43-22-23-6-2-3-7-29(23)38-34(43)46/h2-3,6-7,19,21,25-27H,1,4-5,8-18,20,22H2,(H,37,45)(H,38,46)(H,39,47)/t25-/m1/s1. The number of likely N-dealkylation sites (tertiary alicyclic amines) is 3. The Morgan fingerprint density at radius 1 is 0.917 bits per heavy atom. The molecule has 0 aliphatic carbocycles. The van der Waals surface area contributed by atoms with E-state index in [0.29, 0.717) is 56.0 Å². The fourth-order valence-electron chi connectivity index (χ4n) is 7.88. The molecule has 0 spiro atoms. The minimum absolute atomic E-state index is 0.0336. The van der Waals surface area contributed by atoms with Gasteiger partial charge in [-0.3, -0.25) is 9.78 Å². The molecule has 4 aliphatic rings. The molecule has 7 rings (SSSR count). The van der Waals surface area contributed by atoms with Crippen molar-refractivity contribution < 1.29 is 18.8 Å². The average Bonchev–Trinajstić information content (AvgIpc) is 3.46. The number of urea groups is 2. The minimum atomic E-state index is -0.531. The van der Waals surface area contributed by atoms with Crippen LogP contribution in [0.2, 0.25) is 0 Å². The summed E-state index contributed by atoms with van der Waals surface area (Å²) in [4.78, 5) is 63.0. The number of nitrogens with zero attached hydrogens (tertiary/aromatic N) is 4. The van der Waals surface area contributed by atoms with Gasteiger partial charge in [-0.15, -0.1) is 0 Å². The van der Waals surface area contributed by atoms with E-state index in [0.717, 1.165) is 60.3 Å². The Labute approximate surface area is 288 Å². The Balaban J connectivity index is 0.997. The van der Waals surface area contributed by atoms with Crippen molar-refractivity contribution in [3.05, 3.63) is 62.5 Å². The summed E-state index contributed by atoms with van der Waals surface area (Å²) in [6.45, 7) is 5.35. The number of carbonyl (C=O) groups is 3. The van der Waals surface area contributed by atoms with Crippen LogP contribution in [0.4, 0.5) is 15.3 Å². The van der Waals surface area contributed by atoms with Crippen LogP contribution in [-0.2, 0) is 17.8 Å². The lowest BCUT2D eigenvalue weighted by Crippen LogP contribution is -2.54. The minimum Gasteiger partial charge on any atom is -0.408 e. The maximum absolute atomic E-state index is 13.7. The molecular weight excluding hydrogens is 678 g/mol. The molecule has 3 aromatic rings. The summed E-state index contributed by atoms with van der Waals surface area (Å²) in [6, 6.07) is 11.2. The van der Waals surface area contributed by atoms with E-state index in [1.165, 1.54) is 19.3 Å². The van der Waals surface area contributed by atoms with Gasteiger partial charge in [-0.25, -0.2) is 14.4 Å². The van der Waals surface area contributed by atoms with Crippen molar-refractivity contribution in [2.75, 3.05) is 44.6 Å². The number of anilines is 1. The highest BCUT2D eigenvalue weighted by Crippen LogP contribution is 2.29. The fraction of sp³-hybridized carbons (Fsp3) is 0.543. The zero-order valence-electron chi connectivity index (χ0n) is 27.2. The predicted octanol–water partition coefficient (Wildman–Crippen LogP) is 4.88. The zero-order valence-corrected chi connectivity index (χ0v) is 28.8. The second-order valence-corrected chi connectivity index (χ2v) is 14.5. The van der Waals surface area contributed by atoms with Crippen molar-refractivity contribution in [1.82, 2.24) is 29.9 Å². The number of fused-ring (bicyclic) bond motifs is 2. The van der Waals surface area contributed by atoms with E-state index in [1.54, 1.807) is 17.0 Å². The number of hydrogen-bond acceptors (Lipinski definition) is 6. The molecule has 0 unspecified atom stereocenters. The van der Waals surface area contributed by atoms with E-state index in [9.17, 15) is 19.2 Å². The Bertz CT molecular complexity index is 1700. The van der Waals surface area contributed by atoms with Gasteiger partial charge in [-0.1, -0.05) is 40.5 Å². The van der Waals surface area contributed by atoms with E-state index in [1.807, 2.05) is 34.1 Å². The molecule has 4 aliphatic heterocycles. The molecule has 1 aromatic heterocycles. The molecule has 13 heteroatoms. The number of hydrogen-bond donors (Lipinski definition) is 3. The summed E-state index contributed by atoms with van der Waals surface area (Å²) >= 11 is 3.62. The number of aromatic amines is 1. The third-order valence-corrected chi connectivity index (χ3v) is 11.3. The highest BCUT2D eigenvalue weighted by atomic mass is 79.9. The van der Waals surface area contributed by atoms with Gasteiger partial charge in [0.05, 0.1) is 5.52 Å². The second-order valence-electron chi connectivity index (χ2n) is 13.7. The van der Waals surface area contributed by atoms with Gasteiger partial charge in [-0.05, 0) is 87.4 Å². The summed E-state index contributed by atoms with van der Waals surface area (Å²) in [5, 5.41) is 6.18. The van der Waals surface area contributed by atoms with E-state index >= 15 is 0 Å². The first-order chi connectivity index (χ1) is 23.3. The van der Waals surface area contributed by atoms with Crippen LogP contribution in [0.3, 0.4) is 0 Å². The van der Waals surface area contributed by atoms with Crippen molar-refractivity contribution >= 4 is 50.7 Å². The number of piperidine rings is 3. The van der Waals surface area contributed by atoms with Gasteiger partial charge in [-0.2, -0.15) is 0 Å². The molecular formula is C35H44BrN7O5. The lowest BCUT2D eigenvalue weighted by atomic mass is 9.98. The number of rotatable bonds is 7. The number of oxazole rings is 1. The topological polar surface area (TPSA) is 134 Å². The van der Waals surface area contributed by atoms with Crippen molar-refractivity contribution in [3.8, 4) is 0 Å². The number of amides is 5. The Hall–Kier alpha value is -3.84. The maximum Gasteiger partial charge on any atom is 0.417 e. The number of aromatic nitrogens is 1. The van der Waals surface area contributed by atoms with Crippen LogP contribution < -0.4 is 16.4 Å². The van der Waals surface area contributed by atoms with Gasteiger partial charge >= 0.3 is 17.8 Å². The van der Waals surface area contributed by atoms with Crippen LogP contribution >= 0.6 is 15.9 Å². The van der Waals surface area contributed by atoms with Crippen LogP contribution in [0.1, 0.15) is 62.5 Å². The molecule has 3 saturated heterocycles. The van der Waals surface area contributed by atoms with Crippen molar-refractivity contribution in [1.29, 1.82) is 0 Å². The Kier molecular flexibility index (Phi) is 9.76. The first-order valence-corrected chi connectivity index (χ1v) is 18.1. The number of nitrogens with one attached hydrogen (secondary N) is 3. The molecule has 48 heavy (non-hydrogen) atoms. The highest BCUT2D eigenvalue weighted by Gasteiger charge is 2.34. The van der Waals surface area contributed by atoms with Gasteiger partial charge < -0.3 is 34.7 Å². The quantitative estimate of drug-likeness (QED) is 0.319. The molecule has 1 atom stereocenters. The van der Waals surface area contributed by atoms with E-state index in [-0.39, 0.29) is 30.4 Å². The first-order valence-electron chi connectivity index (χ1n) is 17.3. The molecule has 5 amide bonds. The van der Waals surface area contributed by atoms with Crippen LogP contribution in [-0.4, -0.2) is 99.9 Å². The SMILES string of the molecule is O=C(C[C@@H](Cc1cc2oc(=O)[nH]c2cc1Br)NC(=O)N1CCC(N2Cc3ccccc3NC2=O)CC1)N1CCC(N2CCCCC2)CC1. The fourth-order valence-corrected chi connectivity index (χ4v) is 8.38. The number of halogens is 1. The molecule has 5 heterocycles. The summed E-state index contributed by atoms with van der Waals surface area (Å²) in [6.07, 6.45) is 7.69. The molecule has 2 aromatic carbocycles. The Morgan fingerprint density at radius 2 is 1.62 bits per heavy atom. The maximum atomic E-state index is 13.7. The van der Waals surface area contributed by atoms with Crippen LogP contribution in [0.15, 0.2) is 50.1 Å². The second kappa shape index (κ2) is 14.3. The third-order valence-electron chi connectivity index (χ3n) is 10.6. The van der Waals surface area contributed by atoms with Crippen molar-refractivity contribution in [2.24, 2.45) is 0 Å². The smallest absolute Gasteiger partial charge is 0.408 e. The molecule has 0 radical (unpaired) electrons. The molecule has 0 bridgehead atoms. The van der Waals surface area contributed by atoms with Gasteiger partial charge in [0.1, 0.15) is 0 Å². The lowest BCUT2D eigenvalue weighted by molar-refractivity contribution is -0.133. The monoisotopic (exact) mass is 721 g/mol. The summed E-state index contributed by atoms with van der Waals surface area (Å²) in [5.41, 5.74) is 3.79. The van der Waals surface area contributed by atoms with E-state index in [2.05, 4.69) is 36.4 Å². The van der Waals surface area contributed by atoms with Crippen LogP contribution in [0.5, 0.6) is 0 Å².